The van der Waals surface area contributed by atoms with Gasteiger partial charge in [0.25, 0.3) is 5.91 Å². The van der Waals surface area contributed by atoms with Crippen LogP contribution in [0.15, 0.2) is 77.8 Å². The van der Waals surface area contributed by atoms with Gasteiger partial charge in [0.2, 0.25) is 0 Å². The van der Waals surface area contributed by atoms with Crippen molar-refractivity contribution in [3.63, 3.8) is 0 Å². The predicted molar refractivity (Wildman–Crippen MR) is 168 cm³/mol. The van der Waals surface area contributed by atoms with Crippen molar-refractivity contribution in [2.75, 3.05) is 27.4 Å². The van der Waals surface area contributed by atoms with Crippen molar-refractivity contribution in [2.45, 2.75) is 20.3 Å². The Morgan fingerprint density at radius 1 is 1.00 bits per heavy atom. The number of thiocarbonyl (C=S) groups is 1. The van der Waals surface area contributed by atoms with E-state index in [1.807, 2.05) is 97.5 Å². The quantitative estimate of drug-likeness (QED) is 0.151. The molecular formula is C32H31N3O4S2. The van der Waals surface area contributed by atoms with Crippen molar-refractivity contribution in [2.24, 2.45) is 0 Å². The average molecular weight is 586 g/mol. The van der Waals surface area contributed by atoms with Gasteiger partial charge in [-0.2, -0.15) is 5.10 Å². The molecule has 0 saturated carbocycles. The Labute approximate surface area is 249 Å². The van der Waals surface area contributed by atoms with E-state index >= 15 is 0 Å². The first kappa shape index (κ1) is 28.4. The van der Waals surface area contributed by atoms with Gasteiger partial charge in [-0.3, -0.25) is 9.69 Å². The maximum Gasteiger partial charge on any atom is 0.266 e. The van der Waals surface area contributed by atoms with Crippen LogP contribution in [0.25, 0.3) is 23.0 Å². The molecule has 1 saturated heterocycles. The topological polar surface area (TPSA) is 65.8 Å². The number of benzene rings is 3. The molecule has 0 spiro atoms. The summed E-state index contributed by atoms with van der Waals surface area (Å²) in [4.78, 5) is 15.8. The summed E-state index contributed by atoms with van der Waals surface area (Å²) < 4.78 is 18.8. The van der Waals surface area contributed by atoms with Gasteiger partial charge in [0, 0.05) is 23.9 Å². The van der Waals surface area contributed by atoms with Crippen LogP contribution in [-0.2, 0) is 11.2 Å². The fraction of sp³-hybridized carbons (Fsp3) is 0.219. The van der Waals surface area contributed by atoms with Crippen molar-refractivity contribution < 1.29 is 19.0 Å². The van der Waals surface area contributed by atoms with Crippen LogP contribution in [0.1, 0.15) is 23.6 Å². The van der Waals surface area contributed by atoms with E-state index in [-0.39, 0.29) is 5.91 Å². The highest BCUT2D eigenvalue weighted by atomic mass is 32.2. The summed E-state index contributed by atoms with van der Waals surface area (Å²) in [7, 11) is 3.22. The molecule has 0 N–H and O–H groups in total. The minimum atomic E-state index is -0.109. The second-order valence-corrected chi connectivity index (χ2v) is 11.1. The van der Waals surface area contributed by atoms with Crippen LogP contribution in [-0.4, -0.2) is 52.3 Å². The van der Waals surface area contributed by atoms with Gasteiger partial charge in [0.05, 0.1) is 31.4 Å². The van der Waals surface area contributed by atoms with E-state index in [1.165, 1.54) is 11.8 Å². The van der Waals surface area contributed by atoms with Crippen LogP contribution in [0.2, 0.25) is 0 Å². The molecule has 0 atom stereocenters. The number of aryl methyl sites for hydroxylation is 1. The zero-order chi connectivity index (χ0) is 28.9. The molecule has 7 nitrogen and oxygen atoms in total. The fourth-order valence-corrected chi connectivity index (χ4v) is 5.98. The SMILES string of the molecule is CCOc1ccc(-c2nn(-c3ccccc3)cc2C=C2SC(=S)N(CCc3ccc(OC)c(OC)c3)C2=O)c(C)c1. The van der Waals surface area contributed by atoms with E-state index in [0.29, 0.717) is 40.3 Å². The normalized spacial score (nSPS) is 14.1. The number of hydrogen-bond donors (Lipinski definition) is 0. The van der Waals surface area contributed by atoms with Crippen LogP contribution in [0.5, 0.6) is 17.2 Å². The van der Waals surface area contributed by atoms with Crippen LogP contribution in [0.4, 0.5) is 0 Å². The smallest absolute Gasteiger partial charge is 0.266 e. The third kappa shape index (κ3) is 6.16. The first-order valence-corrected chi connectivity index (χ1v) is 14.5. The van der Waals surface area contributed by atoms with Crippen LogP contribution in [0.3, 0.4) is 0 Å². The van der Waals surface area contributed by atoms with E-state index in [0.717, 1.165) is 39.4 Å². The molecule has 1 fully saturated rings. The average Bonchev–Trinajstić information content (AvgIpc) is 3.52. The zero-order valence-corrected chi connectivity index (χ0v) is 25.1. The number of thioether (sulfide) groups is 1. The Kier molecular flexibility index (Phi) is 8.75. The van der Waals surface area contributed by atoms with Crippen molar-refractivity contribution in [1.82, 2.24) is 14.7 Å². The molecule has 9 heteroatoms. The molecule has 2 heterocycles. The van der Waals surface area contributed by atoms with Gasteiger partial charge in [-0.1, -0.05) is 48.2 Å². The molecule has 210 valence electrons. The largest absolute Gasteiger partial charge is 0.494 e. The molecule has 0 radical (unpaired) electrons. The van der Waals surface area contributed by atoms with Gasteiger partial charge in [-0.25, -0.2) is 4.68 Å². The highest BCUT2D eigenvalue weighted by Gasteiger charge is 2.32. The van der Waals surface area contributed by atoms with Gasteiger partial charge >= 0.3 is 0 Å². The third-order valence-electron chi connectivity index (χ3n) is 6.76. The molecule has 0 unspecified atom stereocenters. The number of ether oxygens (including phenoxy) is 3. The van der Waals surface area contributed by atoms with Gasteiger partial charge in [-0.15, -0.1) is 0 Å². The van der Waals surface area contributed by atoms with Crippen molar-refractivity contribution >= 4 is 40.3 Å². The second-order valence-electron chi connectivity index (χ2n) is 9.40. The highest BCUT2D eigenvalue weighted by molar-refractivity contribution is 8.26. The zero-order valence-electron chi connectivity index (χ0n) is 23.4. The number of hydrogen-bond acceptors (Lipinski definition) is 7. The number of aromatic nitrogens is 2. The van der Waals surface area contributed by atoms with Gasteiger partial charge in [0.1, 0.15) is 15.8 Å². The van der Waals surface area contributed by atoms with E-state index in [1.54, 1.807) is 19.1 Å². The predicted octanol–water partition coefficient (Wildman–Crippen LogP) is 6.71. The van der Waals surface area contributed by atoms with E-state index in [4.69, 9.17) is 31.5 Å². The number of methoxy groups -OCH3 is 2. The van der Waals surface area contributed by atoms with E-state index < -0.39 is 0 Å². The summed E-state index contributed by atoms with van der Waals surface area (Å²) in [6.45, 7) is 5.07. The molecular weight excluding hydrogens is 555 g/mol. The first-order chi connectivity index (χ1) is 19.9. The Morgan fingerprint density at radius 3 is 2.49 bits per heavy atom. The summed E-state index contributed by atoms with van der Waals surface area (Å²) in [6, 6.07) is 21.7. The van der Waals surface area contributed by atoms with Crippen LogP contribution >= 0.6 is 24.0 Å². The van der Waals surface area contributed by atoms with Gasteiger partial charge in [0.15, 0.2) is 11.5 Å². The highest BCUT2D eigenvalue weighted by Crippen LogP contribution is 2.36. The first-order valence-electron chi connectivity index (χ1n) is 13.3. The number of carbonyl (C=O) groups is 1. The molecule has 0 bridgehead atoms. The van der Waals surface area contributed by atoms with Crippen molar-refractivity contribution in [3.8, 4) is 34.2 Å². The minimum absolute atomic E-state index is 0.109. The molecule has 1 aromatic heterocycles. The minimum Gasteiger partial charge on any atom is -0.494 e. The number of rotatable bonds is 10. The van der Waals surface area contributed by atoms with E-state index in [9.17, 15) is 4.79 Å². The molecule has 1 aliphatic rings. The molecule has 3 aromatic carbocycles. The van der Waals surface area contributed by atoms with E-state index in [2.05, 4.69) is 0 Å². The standard InChI is InChI=1S/C32H31N3O4S2/c1-5-39-25-12-13-26(21(2)17-25)30-23(20-35(33-30)24-9-7-6-8-10-24)19-29-31(36)34(32(40)41-29)16-15-22-11-14-27(37-3)28(18-22)38-4/h6-14,17-20H,5,15-16H2,1-4H3. The number of carbonyl (C=O) groups excluding carboxylic acids is 1. The van der Waals surface area contributed by atoms with Crippen LogP contribution < -0.4 is 14.2 Å². The molecule has 5 rings (SSSR count). The van der Waals surface area contributed by atoms with Crippen LogP contribution in [0, 0.1) is 6.92 Å². The lowest BCUT2D eigenvalue weighted by Gasteiger charge is -2.15. The molecule has 41 heavy (non-hydrogen) atoms. The Morgan fingerprint density at radius 2 is 1.78 bits per heavy atom. The Bertz CT molecular complexity index is 1610. The Balaban J connectivity index is 1.44. The number of nitrogens with zero attached hydrogens (tertiary/aromatic N) is 3. The summed E-state index contributed by atoms with van der Waals surface area (Å²) in [5.74, 6) is 2.03. The summed E-state index contributed by atoms with van der Waals surface area (Å²) in [5, 5.41) is 4.94. The lowest BCUT2D eigenvalue weighted by Crippen LogP contribution is -2.30. The molecule has 4 aromatic rings. The lowest BCUT2D eigenvalue weighted by atomic mass is 10.0. The lowest BCUT2D eigenvalue weighted by molar-refractivity contribution is -0.122. The summed E-state index contributed by atoms with van der Waals surface area (Å²) >= 11 is 6.95. The fourth-order valence-electron chi connectivity index (χ4n) is 4.68. The third-order valence-corrected chi connectivity index (χ3v) is 8.14. The maximum atomic E-state index is 13.5. The second kappa shape index (κ2) is 12.6. The molecule has 0 aliphatic carbocycles. The number of para-hydroxylation sites is 1. The monoisotopic (exact) mass is 585 g/mol. The van der Waals surface area contributed by atoms with Crippen molar-refractivity contribution in [3.05, 3.63) is 94.5 Å². The maximum absolute atomic E-state index is 13.5. The summed E-state index contributed by atoms with van der Waals surface area (Å²) in [6.07, 6.45) is 4.48. The Hall–Kier alpha value is -4.08. The van der Waals surface area contributed by atoms with Crippen molar-refractivity contribution in [1.29, 1.82) is 0 Å². The van der Waals surface area contributed by atoms with Gasteiger partial charge < -0.3 is 14.2 Å². The van der Waals surface area contributed by atoms with Gasteiger partial charge in [-0.05, 0) is 79.9 Å². The molecule has 1 aliphatic heterocycles. The molecule has 1 amide bonds. The summed E-state index contributed by atoms with van der Waals surface area (Å²) in [5.41, 5.74) is 5.58. The number of amides is 1.